The molecule has 0 heterocycles. The molecule has 0 aliphatic heterocycles. The summed E-state index contributed by atoms with van der Waals surface area (Å²) >= 11 is 0. The molecule has 4 unspecified atom stereocenters. The lowest BCUT2D eigenvalue weighted by Crippen LogP contribution is -2.43. The fraction of sp³-hybridized carbons (Fsp3) is 1.00. The molecule has 114 valence electrons. The lowest BCUT2D eigenvalue weighted by molar-refractivity contribution is -0.000349. The zero-order chi connectivity index (χ0) is 14.8. The summed E-state index contributed by atoms with van der Waals surface area (Å²) < 4.78 is 0. The van der Waals surface area contributed by atoms with Gasteiger partial charge in [0.05, 0.1) is 6.10 Å². The molecule has 2 heteroatoms. The van der Waals surface area contributed by atoms with Crippen molar-refractivity contribution in [1.82, 2.24) is 4.90 Å². The summed E-state index contributed by atoms with van der Waals surface area (Å²) in [5, 5.41) is 10.3. The second-order valence-corrected chi connectivity index (χ2v) is 8.13. The molecule has 4 atom stereocenters. The van der Waals surface area contributed by atoms with E-state index in [-0.39, 0.29) is 6.10 Å². The minimum absolute atomic E-state index is 0.0968. The topological polar surface area (TPSA) is 23.5 Å². The summed E-state index contributed by atoms with van der Waals surface area (Å²) in [7, 11) is 2.21. The second-order valence-electron chi connectivity index (χ2n) is 8.13. The quantitative estimate of drug-likeness (QED) is 0.839. The number of hydrogen-bond donors (Lipinski definition) is 1. The van der Waals surface area contributed by atoms with Crippen molar-refractivity contribution in [2.24, 2.45) is 23.2 Å². The zero-order valence-corrected chi connectivity index (χ0v) is 14.1. The molecule has 0 saturated heterocycles. The van der Waals surface area contributed by atoms with Crippen LogP contribution < -0.4 is 0 Å². The summed E-state index contributed by atoms with van der Waals surface area (Å²) in [6.07, 6.45) is 3.25. The lowest BCUT2D eigenvalue weighted by atomic mass is 9.68. The first-order chi connectivity index (χ1) is 8.62. The van der Waals surface area contributed by atoms with Crippen LogP contribution in [0.2, 0.25) is 0 Å². The van der Waals surface area contributed by atoms with Gasteiger partial charge < -0.3 is 10.0 Å². The average Bonchev–Trinajstić information content (AvgIpc) is 2.29. The van der Waals surface area contributed by atoms with Crippen molar-refractivity contribution in [1.29, 1.82) is 0 Å². The van der Waals surface area contributed by atoms with Gasteiger partial charge in [0, 0.05) is 12.6 Å². The average molecular weight is 269 g/mol. The van der Waals surface area contributed by atoms with Crippen LogP contribution in [0, 0.1) is 23.2 Å². The van der Waals surface area contributed by atoms with E-state index in [9.17, 15) is 5.11 Å². The molecule has 0 amide bonds. The SMILES string of the molecule is CC(C)C(C)N(C)CC1CC(C(C)(C)C)CCC1O. The molecule has 1 saturated carbocycles. The maximum atomic E-state index is 10.3. The van der Waals surface area contributed by atoms with Gasteiger partial charge >= 0.3 is 0 Å². The number of hydrogen-bond acceptors (Lipinski definition) is 2. The largest absolute Gasteiger partial charge is 0.393 e. The molecule has 2 nitrogen and oxygen atoms in total. The van der Waals surface area contributed by atoms with Gasteiger partial charge in [-0.2, -0.15) is 0 Å². The number of aliphatic hydroxyl groups is 1. The molecule has 0 spiro atoms. The molecule has 0 bridgehead atoms. The van der Waals surface area contributed by atoms with Crippen LogP contribution in [0.5, 0.6) is 0 Å². The van der Waals surface area contributed by atoms with Gasteiger partial charge in [0.1, 0.15) is 0 Å². The van der Waals surface area contributed by atoms with E-state index >= 15 is 0 Å². The lowest BCUT2D eigenvalue weighted by Gasteiger charge is -2.42. The molecule has 19 heavy (non-hydrogen) atoms. The van der Waals surface area contributed by atoms with E-state index in [2.05, 4.69) is 53.5 Å². The van der Waals surface area contributed by atoms with E-state index in [0.717, 1.165) is 18.9 Å². The highest BCUT2D eigenvalue weighted by Gasteiger charge is 2.35. The van der Waals surface area contributed by atoms with E-state index in [0.29, 0.717) is 23.3 Å². The monoisotopic (exact) mass is 269 g/mol. The normalized spacial score (nSPS) is 30.9. The van der Waals surface area contributed by atoms with Gasteiger partial charge in [-0.15, -0.1) is 0 Å². The van der Waals surface area contributed by atoms with Crippen molar-refractivity contribution in [3.8, 4) is 0 Å². The molecule has 0 aromatic heterocycles. The van der Waals surface area contributed by atoms with Gasteiger partial charge in [-0.25, -0.2) is 0 Å². The van der Waals surface area contributed by atoms with E-state index < -0.39 is 0 Å². The number of aliphatic hydroxyl groups excluding tert-OH is 1. The van der Waals surface area contributed by atoms with Crippen molar-refractivity contribution in [2.45, 2.75) is 73.0 Å². The Hall–Kier alpha value is -0.0800. The fourth-order valence-electron chi connectivity index (χ4n) is 3.28. The van der Waals surface area contributed by atoms with E-state index in [1.807, 2.05) is 0 Å². The molecular weight excluding hydrogens is 234 g/mol. The summed E-state index contributed by atoms with van der Waals surface area (Å²) in [5.74, 6) is 1.87. The van der Waals surface area contributed by atoms with Gasteiger partial charge in [-0.1, -0.05) is 34.6 Å². The Labute approximate surface area is 120 Å². The van der Waals surface area contributed by atoms with Crippen LogP contribution in [0.4, 0.5) is 0 Å². The third kappa shape index (κ3) is 4.75. The predicted octanol–water partition coefficient (Wildman–Crippen LogP) is 3.79. The summed E-state index contributed by atoms with van der Waals surface area (Å²) in [4.78, 5) is 2.43. The molecule has 1 aliphatic rings. The molecule has 1 rings (SSSR count). The third-order valence-electron chi connectivity index (χ3n) is 5.35. The molecule has 1 N–H and O–H groups in total. The number of nitrogens with zero attached hydrogens (tertiary/aromatic N) is 1. The van der Waals surface area contributed by atoms with E-state index in [1.165, 1.54) is 12.8 Å². The summed E-state index contributed by atoms with van der Waals surface area (Å²) in [6, 6.07) is 0.585. The smallest absolute Gasteiger partial charge is 0.0580 e. The van der Waals surface area contributed by atoms with Gasteiger partial charge in [0.25, 0.3) is 0 Å². The third-order valence-corrected chi connectivity index (χ3v) is 5.35. The highest BCUT2D eigenvalue weighted by atomic mass is 16.3. The Bertz CT molecular complexity index is 269. The fourth-order valence-corrected chi connectivity index (χ4v) is 3.28. The highest BCUT2D eigenvalue weighted by Crippen LogP contribution is 2.40. The van der Waals surface area contributed by atoms with Crippen LogP contribution in [0.15, 0.2) is 0 Å². The second kappa shape index (κ2) is 6.58. The minimum atomic E-state index is -0.0968. The number of rotatable bonds is 4. The van der Waals surface area contributed by atoms with Gasteiger partial charge in [-0.3, -0.25) is 0 Å². The van der Waals surface area contributed by atoms with Gasteiger partial charge in [-0.05, 0) is 56.4 Å². The molecule has 0 aromatic rings. The Morgan fingerprint density at radius 2 is 1.74 bits per heavy atom. The molecular formula is C17H35NO. The van der Waals surface area contributed by atoms with Crippen molar-refractivity contribution < 1.29 is 5.11 Å². The standard InChI is InChI=1S/C17H35NO/c1-12(2)13(3)18(7)11-14-10-15(17(4,5)6)8-9-16(14)19/h12-16,19H,8-11H2,1-7H3. The van der Waals surface area contributed by atoms with Crippen molar-refractivity contribution >= 4 is 0 Å². The van der Waals surface area contributed by atoms with Crippen molar-refractivity contribution in [3.63, 3.8) is 0 Å². The Kier molecular flexibility index (Phi) is 5.88. The van der Waals surface area contributed by atoms with Crippen LogP contribution in [0.3, 0.4) is 0 Å². The van der Waals surface area contributed by atoms with E-state index in [1.54, 1.807) is 0 Å². The first-order valence-electron chi connectivity index (χ1n) is 8.01. The summed E-state index contributed by atoms with van der Waals surface area (Å²) in [6.45, 7) is 14.9. The van der Waals surface area contributed by atoms with Gasteiger partial charge in [0.15, 0.2) is 0 Å². The molecule has 1 aliphatic carbocycles. The first-order valence-corrected chi connectivity index (χ1v) is 8.01. The van der Waals surface area contributed by atoms with Crippen LogP contribution in [-0.4, -0.2) is 35.7 Å². The van der Waals surface area contributed by atoms with Crippen molar-refractivity contribution in [3.05, 3.63) is 0 Å². The Balaban J connectivity index is 2.60. The summed E-state index contributed by atoms with van der Waals surface area (Å²) in [5.41, 5.74) is 0.376. The van der Waals surface area contributed by atoms with Crippen LogP contribution in [0.1, 0.15) is 60.8 Å². The predicted molar refractivity (Wildman–Crippen MR) is 83.2 cm³/mol. The molecule has 0 radical (unpaired) electrons. The Morgan fingerprint density at radius 1 is 1.16 bits per heavy atom. The zero-order valence-electron chi connectivity index (χ0n) is 14.1. The van der Waals surface area contributed by atoms with Crippen molar-refractivity contribution in [2.75, 3.05) is 13.6 Å². The van der Waals surface area contributed by atoms with Crippen LogP contribution in [0.25, 0.3) is 0 Å². The van der Waals surface area contributed by atoms with E-state index in [4.69, 9.17) is 0 Å². The molecule has 0 aromatic carbocycles. The maximum absolute atomic E-state index is 10.3. The maximum Gasteiger partial charge on any atom is 0.0580 e. The van der Waals surface area contributed by atoms with Gasteiger partial charge in [0.2, 0.25) is 0 Å². The first kappa shape index (κ1) is 17.0. The minimum Gasteiger partial charge on any atom is -0.393 e. The van der Waals surface area contributed by atoms with Crippen LogP contribution in [-0.2, 0) is 0 Å². The highest BCUT2D eigenvalue weighted by molar-refractivity contribution is 4.87. The Morgan fingerprint density at radius 3 is 2.21 bits per heavy atom. The van der Waals surface area contributed by atoms with Crippen LogP contribution >= 0.6 is 0 Å². The molecule has 1 fully saturated rings.